The maximum absolute atomic E-state index is 12.9. The molecule has 0 aliphatic heterocycles. The van der Waals surface area contributed by atoms with Crippen LogP contribution in [-0.4, -0.2) is 74.9 Å². The molecule has 0 aromatic carbocycles. The van der Waals surface area contributed by atoms with Crippen LogP contribution in [0.5, 0.6) is 0 Å². The predicted molar refractivity (Wildman–Crippen MR) is 436 cm³/mol. The lowest BCUT2D eigenvalue weighted by Crippen LogP contribution is -2.37. The van der Waals surface area contributed by atoms with Crippen LogP contribution < -0.4 is 0 Å². The summed E-state index contributed by atoms with van der Waals surface area (Å²) in [5, 5.41) is 0. The van der Waals surface area contributed by atoms with Gasteiger partial charge in [-0.2, -0.15) is 0 Å². The molecule has 0 fully saturated rings. The van der Waals surface area contributed by atoms with Crippen molar-refractivity contribution in [3.63, 3.8) is 0 Å². The van der Waals surface area contributed by atoms with Gasteiger partial charge in [0.05, 0.1) is 27.7 Å². The van der Waals surface area contributed by atoms with Gasteiger partial charge in [-0.1, -0.05) is 407 Å². The molecule has 2 atom stereocenters. The molecule has 0 aliphatic rings. The molecule has 2 unspecified atom stereocenters. The Kier molecular flexibility index (Phi) is 78.0. The van der Waals surface area contributed by atoms with E-state index < -0.39 is 26.5 Å². The largest absolute Gasteiger partial charge is 0.472 e. The lowest BCUT2D eigenvalue weighted by molar-refractivity contribution is -0.870. The number of hydrogen-bond donors (Lipinski definition) is 1. The van der Waals surface area contributed by atoms with Crippen LogP contribution >= 0.6 is 7.82 Å². The first-order valence-corrected chi connectivity index (χ1v) is 44.8. The third-order valence-electron chi connectivity index (χ3n) is 19.4. The van der Waals surface area contributed by atoms with Crippen LogP contribution in [0.3, 0.4) is 0 Å². The molecule has 10 heteroatoms. The smallest absolute Gasteiger partial charge is 0.462 e. The van der Waals surface area contributed by atoms with E-state index in [1.807, 2.05) is 21.1 Å². The second kappa shape index (κ2) is 80.3. The van der Waals surface area contributed by atoms with Crippen molar-refractivity contribution in [1.82, 2.24) is 0 Å². The van der Waals surface area contributed by atoms with Crippen molar-refractivity contribution < 1.29 is 42.1 Å². The van der Waals surface area contributed by atoms with E-state index in [0.717, 1.165) is 70.6 Å². The number of carbonyl (C=O) groups is 2. The summed E-state index contributed by atoms with van der Waals surface area (Å²) in [6.07, 6.45) is 112. The Morgan fingerprint density at radius 3 is 0.860 bits per heavy atom. The van der Waals surface area contributed by atoms with Gasteiger partial charge in [-0.3, -0.25) is 18.6 Å². The monoisotopic (exact) mass is 1420 g/mol. The van der Waals surface area contributed by atoms with E-state index >= 15 is 0 Å². The van der Waals surface area contributed by atoms with E-state index in [1.165, 1.54) is 321 Å². The first-order valence-electron chi connectivity index (χ1n) is 43.3. The summed E-state index contributed by atoms with van der Waals surface area (Å²) in [5.41, 5.74) is 0. The maximum atomic E-state index is 12.9. The van der Waals surface area contributed by atoms with Crippen molar-refractivity contribution in [3.05, 3.63) is 85.1 Å². The number of nitrogens with zero attached hydrogens (tertiary/aromatic N) is 1. The molecule has 0 aliphatic carbocycles. The van der Waals surface area contributed by atoms with Crippen LogP contribution in [0.15, 0.2) is 85.1 Å². The summed E-state index contributed by atoms with van der Waals surface area (Å²) in [4.78, 5) is 36.0. The molecular weight excluding hydrogens is 1250 g/mol. The molecule has 584 valence electrons. The van der Waals surface area contributed by atoms with Crippen LogP contribution in [0.1, 0.15) is 425 Å². The molecule has 0 rings (SSSR count). The lowest BCUT2D eigenvalue weighted by Gasteiger charge is -2.24. The number of ether oxygens (including phenoxy) is 2. The third kappa shape index (κ3) is 84.1. The molecule has 100 heavy (non-hydrogen) atoms. The van der Waals surface area contributed by atoms with Gasteiger partial charge >= 0.3 is 19.8 Å². The summed E-state index contributed by atoms with van der Waals surface area (Å²) in [7, 11) is 1.49. The number of hydrogen-bond acceptors (Lipinski definition) is 7. The number of likely N-dealkylation sites (N-methyl/N-ethyl adjacent to an activating group) is 1. The Morgan fingerprint density at radius 2 is 0.570 bits per heavy atom. The minimum Gasteiger partial charge on any atom is -0.462 e. The second-order valence-corrected chi connectivity index (χ2v) is 32.0. The highest BCUT2D eigenvalue weighted by molar-refractivity contribution is 7.47. The highest BCUT2D eigenvalue weighted by atomic mass is 31.2. The number of unbranched alkanes of at least 4 members (excludes halogenated alkanes) is 53. The van der Waals surface area contributed by atoms with Crippen molar-refractivity contribution in [1.29, 1.82) is 0 Å². The van der Waals surface area contributed by atoms with Crippen LogP contribution in [0, 0.1) is 0 Å². The molecule has 0 aromatic rings. The fourth-order valence-corrected chi connectivity index (χ4v) is 13.6. The zero-order valence-electron chi connectivity index (χ0n) is 66.9. The van der Waals surface area contributed by atoms with Gasteiger partial charge in [0.1, 0.15) is 19.8 Å². The van der Waals surface area contributed by atoms with Crippen molar-refractivity contribution >= 4 is 19.8 Å². The van der Waals surface area contributed by atoms with Crippen LogP contribution in [0.2, 0.25) is 0 Å². The summed E-state index contributed by atoms with van der Waals surface area (Å²) in [6.45, 7) is 4.38. The van der Waals surface area contributed by atoms with E-state index in [1.54, 1.807) is 0 Å². The number of phosphoric acid groups is 1. The summed E-state index contributed by atoms with van der Waals surface area (Å²) in [5.74, 6) is -0.778. The molecule has 1 N–H and O–H groups in total. The van der Waals surface area contributed by atoms with Gasteiger partial charge in [-0.25, -0.2) is 4.57 Å². The molecule has 0 spiro atoms. The number of quaternary nitrogens is 1. The molecule has 0 radical (unpaired) electrons. The Morgan fingerprint density at radius 1 is 0.320 bits per heavy atom. The van der Waals surface area contributed by atoms with Crippen molar-refractivity contribution in [2.75, 3.05) is 47.5 Å². The van der Waals surface area contributed by atoms with Gasteiger partial charge in [-0.05, 0) is 89.9 Å². The normalized spacial score (nSPS) is 13.4. The van der Waals surface area contributed by atoms with E-state index in [-0.39, 0.29) is 25.6 Å². The Hall–Kier alpha value is -2.81. The predicted octanol–water partition coefficient (Wildman–Crippen LogP) is 29.2. The molecule has 0 saturated heterocycles. The zero-order chi connectivity index (χ0) is 72.5. The van der Waals surface area contributed by atoms with Gasteiger partial charge in [0.15, 0.2) is 6.10 Å². The van der Waals surface area contributed by atoms with E-state index in [9.17, 15) is 19.0 Å². The maximum Gasteiger partial charge on any atom is 0.472 e. The van der Waals surface area contributed by atoms with Crippen molar-refractivity contribution in [2.45, 2.75) is 431 Å². The highest BCUT2D eigenvalue weighted by Gasteiger charge is 2.27. The van der Waals surface area contributed by atoms with Crippen molar-refractivity contribution in [2.24, 2.45) is 0 Å². The number of allylic oxidation sites excluding steroid dienone is 14. The fraction of sp³-hybridized carbons (Fsp3) is 0.822. The first kappa shape index (κ1) is 97.2. The van der Waals surface area contributed by atoms with Gasteiger partial charge in [0.2, 0.25) is 0 Å². The molecule has 0 amide bonds. The Bertz CT molecular complexity index is 1970. The van der Waals surface area contributed by atoms with Gasteiger partial charge < -0.3 is 18.9 Å². The third-order valence-corrected chi connectivity index (χ3v) is 20.4. The Labute approximate surface area is 621 Å². The fourth-order valence-electron chi connectivity index (χ4n) is 12.8. The summed E-state index contributed by atoms with van der Waals surface area (Å²) < 4.78 is 34.9. The van der Waals surface area contributed by atoms with Crippen LogP contribution in [0.4, 0.5) is 0 Å². The molecule has 0 heterocycles. The topological polar surface area (TPSA) is 108 Å². The minimum atomic E-state index is -4.40. The first-order chi connectivity index (χ1) is 49.0. The SMILES string of the molecule is CC/C=C\C/C=C\C/C=C\C/C=C\C/C=C\C/C=C\CCCCCCCCCCCCCCCCCCC(=O)OC(COC(=O)CCCCCCCCCCCCCCCCCCCCCCCCCCCCCCC/C=C\CCCCCCCCCC)COP(=O)(O)OCC[N+](C)(C)C. The van der Waals surface area contributed by atoms with Gasteiger partial charge in [0.25, 0.3) is 0 Å². The molecule has 0 aromatic heterocycles. The Balaban J connectivity index is 3.88. The van der Waals surface area contributed by atoms with E-state index in [2.05, 4.69) is 98.9 Å². The van der Waals surface area contributed by atoms with Gasteiger partial charge in [-0.15, -0.1) is 0 Å². The number of esters is 2. The van der Waals surface area contributed by atoms with E-state index in [4.69, 9.17) is 18.5 Å². The summed E-state index contributed by atoms with van der Waals surface area (Å²) in [6, 6.07) is 0. The second-order valence-electron chi connectivity index (χ2n) is 30.5. The zero-order valence-corrected chi connectivity index (χ0v) is 67.8. The van der Waals surface area contributed by atoms with Crippen molar-refractivity contribution in [3.8, 4) is 0 Å². The average molecular weight is 1420 g/mol. The summed E-state index contributed by atoms with van der Waals surface area (Å²) >= 11 is 0. The standard InChI is InChI=1S/C90H166NO8P/c1-6-8-10-12-14-16-18-20-22-24-26-28-30-32-34-36-38-40-42-43-44-45-46-47-49-50-52-54-56-58-60-62-64-66-68-70-72-74-76-78-80-82-89(92)96-86-88(87-98-100(94,95)97-85-84-91(3,4)5)99-90(93)83-81-79-77-75-73-71-69-67-65-63-61-59-57-55-53-51-48-41-39-37-35-33-31-29-27-25-23-21-19-17-15-13-11-9-7-2/h9,11,15,17,21,23-24,26-27,29,33,35,39,41,88H,6-8,10,12-14,16,18-20,22,25,28,30-32,34,36-38,40,42-87H2,1-5H3/p+1/b11-9-,17-15-,23-21-,26-24-,29-27-,35-33-,41-39-. The van der Waals surface area contributed by atoms with Crippen LogP contribution in [0.25, 0.3) is 0 Å². The molecule has 9 nitrogen and oxygen atoms in total. The van der Waals surface area contributed by atoms with E-state index in [0.29, 0.717) is 23.9 Å². The number of phosphoric ester groups is 1. The average Bonchev–Trinajstić information content (AvgIpc) is 1.65. The van der Waals surface area contributed by atoms with Crippen LogP contribution in [-0.2, 0) is 32.7 Å². The molecule has 0 saturated carbocycles. The lowest BCUT2D eigenvalue weighted by atomic mass is 10.0. The highest BCUT2D eigenvalue weighted by Crippen LogP contribution is 2.43. The molecule has 0 bridgehead atoms. The quantitative estimate of drug-likeness (QED) is 0.0211. The van der Waals surface area contributed by atoms with Gasteiger partial charge in [0, 0.05) is 12.8 Å². The number of rotatable bonds is 81. The minimum absolute atomic E-state index is 0.0322. The number of carbonyl (C=O) groups excluding carboxylic acids is 2. The molecular formula is C90H167NO8P+.